The lowest BCUT2D eigenvalue weighted by atomic mass is 10.1. The Bertz CT molecular complexity index is 1140. The van der Waals surface area contributed by atoms with Gasteiger partial charge in [0.15, 0.2) is 6.10 Å². The lowest BCUT2D eigenvalue weighted by Crippen LogP contribution is -2.37. The molecule has 0 radical (unpaired) electrons. The van der Waals surface area contributed by atoms with Gasteiger partial charge >= 0.3 is 19.8 Å². The Hall–Kier alpha value is -2.29. The number of allylic oxidation sites excluding steroid dienone is 10. The minimum Gasteiger partial charge on any atom is -0.462 e. The van der Waals surface area contributed by atoms with Gasteiger partial charge in [-0.05, 0) is 77.0 Å². The van der Waals surface area contributed by atoms with E-state index in [0.717, 1.165) is 64.2 Å². The largest absolute Gasteiger partial charge is 0.472 e. The quantitative estimate of drug-likeness (QED) is 0.0215. The van der Waals surface area contributed by atoms with E-state index in [4.69, 9.17) is 18.5 Å². The molecular weight excluding hydrogens is 725 g/mol. The Morgan fingerprint density at radius 3 is 1.55 bits per heavy atom. The first-order valence-electron chi connectivity index (χ1n) is 22.0. The number of rotatable bonds is 39. The third kappa shape index (κ3) is 41.3. The Morgan fingerprint density at radius 2 is 1.00 bits per heavy atom. The fourth-order valence-corrected chi connectivity index (χ4v) is 6.27. The molecule has 0 aromatic carbocycles. The molecule has 0 aromatic heterocycles. The van der Waals surface area contributed by atoms with Crippen molar-refractivity contribution < 1.29 is 42.1 Å². The number of likely N-dealkylation sites (N-methyl/N-ethyl adjacent to an activating group) is 1. The van der Waals surface area contributed by atoms with Gasteiger partial charge in [-0.25, -0.2) is 4.57 Å². The van der Waals surface area contributed by atoms with Gasteiger partial charge in [0.05, 0.1) is 27.7 Å². The summed E-state index contributed by atoms with van der Waals surface area (Å²) in [7, 11) is 1.44. The van der Waals surface area contributed by atoms with Crippen LogP contribution in [0.25, 0.3) is 0 Å². The summed E-state index contributed by atoms with van der Waals surface area (Å²) in [5, 5.41) is 0. The number of hydrogen-bond donors (Lipinski definition) is 1. The second-order valence-corrected chi connectivity index (χ2v) is 17.2. The van der Waals surface area contributed by atoms with E-state index < -0.39 is 32.5 Å². The van der Waals surface area contributed by atoms with E-state index in [1.54, 1.807) is 0 Å². The Labute approximate surface area is 343 Å². The second kappa shape index (κ2) is 38.2. The molecule has 0 amide bonds. The average Bonchev–Trinajstić information content (AvgIpc) is 3.15. The number of carbonyl (C=O) groups excluding carboxylic acids is 2. The molecule has 0 rings (SSSR count). The van der Waals surface area contributed by atoms with E-state index in [1.807, 2.05) is 21.1 Å². The number of ether oxygens (including phenoxy) is 2. The average molecular weight is 809 g/mol. The first-order valence-corrected chi connectivity index (χ1v) is 23.5. The zero-order valence-electron chi connectivity index (χ0n) is 36.3. The summed E-state index contributed by atoms with van der Waals surface area (Å²) in [4.78, 5) is 35.3. The minimum absolute atomic E-state index is 0.0200. The van der Waals surface area contributed by atoms with Gasteiger partial charge in [0.2, 0.25) is 0 Å². The van der Waals surface area contributed by atoms with Crippen molar-refractivity contribution in [1.29, 1.82) is 0 Å². The molecule has 10 heteroatoms. The number of nitrogens with zero attached hydrogens (tertiary/aromatic N) is 1. The van der Waals surface area contributed by atoms with Crippen LogP contribution in [-0.4, -0.2) is 74.9 Å². The van der Waals surface area contributed by atoms with Crippen LogP contribution < -0.4 is 0 Å². The highest BCUT2D eigenvalue weighted by atomic mass is 31.2. The summed E-state index contributed by atoms with van der Waals surface area (Å²) in [6.07, 6.45) is 45.6. The molecule has 0 aromatic rings. The maximum atomic E-state index is 12.7. The Morgan fingerprint density at radius 1 is 0.554 bits per heavy atom. The van der Waals surface area contributed by atoms with Crippen molar-refractivity contribution in [2.45, 2.75) is 174 Å². The molecule has 0 spiro atoms. The van der Waals surface area contributed by atoms with Gasteiger partial charge < -0.3 is 18.9 Å². The standard InChI is InChI=1S/C46H82NO8P/c1-6-8-10-12-14-16-18-20-22-23-25-27-29-31-33-35-37-39-46(49)55-44(43-54-56(50,51)53-41-40-47(3,4)5)42-52-45(48)38-36-34-32-30-28-26-24-21-19-17-15-13-11-9-7-2/h10,12,16,18,22-23,27-30,44H,6-9,11,13-15,17,19-21,24-26,31-43H2,1-5H3/p+1/b12-10+,18-16+,23-22+,29-27+,30-28+/t44-/m1/s1. The van der Waals surface area contributed by atoms with Crippen LogP contribution in [0.15, 0.2) is 60.8 Å². The highest BCUT2D eigenvalue weighted by molar-refractivity contribution is 7.47. The smallest absolute Gasteiger partial charge is 0.462 e. The van der Waals surface area contributed by atoms with Crippen LogP contribution in [0, 0.1) is 0 Å². The van der Waals surface area contributed by atoms with E-state index in [1.165, 1.54) is 64.2 Å². The molecule has 0 saturated heterocycles. The van der Waals surface area contributed by atoms with Gasteiger partial charge in [0.25, 0.3) is 0 Å². The molecule has 0 heterocycles. The molecule has 9 nitrogen and oxygen atoms in total. The number of esters is 2. The number of hydrogen-bond acceptors (Lipinski definition) is 7. The van der Waals surface area contributed by atoms with Crippen LogP contribution in [0.4, 0.5) is 0 Å². The van der Waals surface area contributed by atoms with Crippen LogP contribution in [0.3, 0.4) is 0 Å². The molecule has 2 atom stereocenters. The maximum absolute atomic E-state index is 12.7. The van der Waals surface area contributed by atoms with Crippen LogP contribution in [-0.2, 0) is 32.7 Å². The number of phosphoric acid groups is 1. The van der Waals surface area contributed by atoms with Crippen molar-refractivity contribution in [2.75, 3.05) is 47.5 Å². The van der Waals surface area contributed by atoms with Crippen LogP contribution in [0.2, 0.25) is 0 Å². The zero-order chi connectivity index (χ0) is 41.4. The van der Waals surface area contributed by atoms with E-state index in [9.17, 15) is 19.0 Å². The summed E-state index contributed by atoms with van der Waals surface area (Å²) >= 11 is 0. The van der Waals surface area contributed by atoms with E-state index in [0.29, 0.717) is 23.9 Å². The molecule has 1 N–H and O–H groups in total. The Balaban J connectivity index is 4.46. The Kier molecular flexibility index (Phi) is 36.7. The SMILES string of the molecule is CCC/C=C/C/C=C/C/C=C/C/C=C/CCCCCC(=O)O[C@H](COC(=O)CCCC/C=C/CCCCCCCCCCC)COP(=O)(O)OCC[N+](C)(C)C. The third-order valence-electron chi connectivity index (χ3n) is 9.00. The molecule has 1 unspecified atom stereocenters. The molecule has 324 valence electrons. The topological polar surface area (TPSA) is 108 Å². The van der Waals surface area contributed by atoms with Gasteiger partial charge in [-0.1, -0.05) is 139 Å². The number of quaternary nitrogens is 1. The molecule has 0 aliphatic heterocycles. The fourth-order valence-electron chi connectivity index (χ4n) is 5.53. The molecule has 0 fully saturated rings. The summed E-state index contributed by atoms with van der Waals surface area (Å²) in [5.74, 6) is -0.864. The molecule has 0 saturated carbocycles. The van der Waals surface area contributed by atoms with E-state index >= 15 is 0 Å². The summed E-state index contributed by atoms with van der Waals surface area (Å²) in [5.41, 5.74) is 0. The van der Waals surface area contributed by atoms with Crippen LogP contribution in [0.1, 0.15) is 168 Å². The van der Waals surface area contributed by atoms with Gasteiger partial charge in [0, 0.05) is 12.8 Å². The van der Waals surface area contributed by atoms with Gasteiger partial charge in [-0.3, -0.25) is 18.6 Å². The van der Waals surface area contributed by atoms with Crippen molar-refractivity contribution in [2.24, 2.45) is 0 Å². The lowest BCUT2D eigenvalue weighted by molar-refractivity contribution is -0.870. The number of carbonyl (C=O) groups is 2. The summed E-state index contributed by atoms with van der Waals surface area (Å²) < 4.78 is 34.2. The lowest BCUT2D eigenvalue weighted by Gasteiger charge is -2.24. The minimum atomic E-state index is -4.39. The maximum Gasteiger partial charge on any atom is 0.472 e. The number of unbranched alkanes of at least 4 members (excludes halogenated alkanes) is 15. The van der Waals surface area contributed by atoms with Gasteiger partial charge in [-0.15, -0.1) is 0 Å². The third-order valence-corrected chi connectivity index (χ3v) is 9.99. The van der Waals surface area contributed by atoms with Crippen molar-refractivity contribution in [3.8, 4) is 0 Å². The van der Waals surface area contributed by atoms with Gasteiger partial charge in [-0.2, -0.15) is 0 Å². The normalized spacial score (nSPS) is 14.2. The highest BCUT2D eigenvalue weighted by Crippen LogP contribution is 2.43. The predicted octanol–water partition coefficient (Wildman–Crippen LogP) is 12.5. The summed E-state index contributed by atoms with van der Waals surface area (Å²) in [6, 6.07) is 0. The van der Waals surface area contributed by atoms with E-state index in [2.05, 4.69) is 74.6 Å². The van der Waals surface area contributed by atoms with Gasteiger partial charge in [0.1, 0.15) is 19.8 Å². The summed E-state index contributed by atoms with van der Waals surface area (Å²) in [6.45, 7) is 4.28. The zero-order valence-corrected chi connectivity index (χ0v) is 37.2. The van der Waals surface area contributed by atoms with Crippen molar-refractivity contribution in [3.05, 3.63) is 60.8 Å². The molecule has 56 heavy (non-hydrogen) atoms. The highest BCUT2D eigenvalue weighted by Gasteiger charge is 2.27. The monoisotopic (exact) mass is 809 g/mol. The van der Waals surface area contributed by atoms with Crippen molar-refractivity contribution in [3.63, 3.8) is 0 Å². The number of phosphoric ester groups is 1. The van der Waals surface area contributed by atoms with Crippen LogP contribution >= 0.6 is 7.82 Å². The van der Waals surface area contributed by atoms with Crippen molar-refractivity contribution >= 4 is 19.8 Å². The first-order chi connectivity index (χ1) is 27.0. The predicted molar refractivity (Wildman–Crippen MR) is 233 cm³/mol. The molecule has 0 bridgehead atoms. The van der Waals surface area contributed by atoms with Crippen molar-refractivity contribution in [1.82, 2.24) is 0 Å². The molecule has 0 aliphatic rings. The first kappa shape index (κ1) is 53.7. The fraction of sp³-hybridized carbons (Fsp3) is 0.739. The molecule has 0 aliphatic carbocycles. The van der Waals surface area contributed by atoms with E-state index in [-0.39, 0.29) is 26.1 Å². The molecular formula is C46H83NO8P+. The van der Waals surface area contributed by atoms with Crippen LogP contribution in [0.5, 0.6) is 0 Å². The second-order valence-electron chi connectivity index (χ2n) is 15.7.